The predicted octanol–water partition coefficient (Wildman–Crippen LogP) is 4.30. The summed E-state index contributed by atoms with van der Waals surface area (Å²) < 4.78 is 44.0. The Morgan fingerprint density at radius 3 is 2.47 bits per heavy atom. The van der Waals surface area contributed by atoms with E-state index in [1.165, 1.54) is 36.2 Å². The summed E-state index contributed by atoms with van der Waals surface area (Å²) in [5.74, 6) is -0.482. The van der Waals surface area contributed by atoms with Crippen molar-refractivity contribution in [2.75, 3.05) is 7.05 Å². The molecule has 1 amide bonds. The third kappa shape index (κ3) is 3.90. The summed E-state index contributed by atoms with van der Waals surface area (Å²) >= 11 is 0. The Bertz CT molecular complexity index is 962. The normalized spacial score (nSPS) is 19.7. The number of aliphatic imine (C=N–C) groups is 1. The van der Waals surface area contributed by atoms with Crippen molar-refractivity contribution >= 4 is 11.9 Å². The molecule has 1 heterocycles. The van der Waals surface area contributed by atoms with Gasteiger partial charge < -0.3 is 10.5 Å². The van der Waals surface area contributed by atoms with E-state index < -0.39 is 24.2 Å². The fourth-order valence-electron chi connectivity index (χ4n) is 3.45. The molecule has 0 saturated heterocycles. The quantitative estimate of drug-likeness (QED) is 0.652. The molecule has 0 aromatic heterocycles. The van der Waals surface area contributed by atoms with Crippen LogP contribution in [0.4, 0.5) is 13.2 Å². The number of hydrogen-bond acceptors (Lipinski definition) is 4. The minimum Gasteiger partial charge on any atom is -0.435 e. The van der Waals surface area contributed by atoms with Crippen LogP contribution >= 0.6 is 0 Å². The third-order valence-corrected chi connectivity index (χ3v) is 5.03. The molecule has 5 nitrogen and oxygen atoms in total. The van der Waals surface area contributed by atoms with Crippen molar-refractivity contribution in [3.05, 3.63) is 77.9 Å². The van der Waals surface area contributed by atoms with Crippen LogP contribution in [-0.2, 0) is 10.3 Å². The first-order chi connectivity index (χ1) is 14.3. The molecule has 1 aliphatic rings. The molecule has 1 aliphatic heterocycles. The summed E-state index contributed by atoms with van der Waals surface area (Å²) in [5.41, 5.74) is 5.62. The molecule has 2 N–H and O–H groups in total. The highest BCUT2D eigenvalue weighted by molar-refractivity contribution is 6.08. The number of guanidine groups is 1. The molecule has 2 aromatic rings. The van der Waals surface area contributed by atoms with E-state index in [4.69, 9.17) is 5.73 Å². The van der Waals surface area contributed by atoms with Gasteiger partial charge in [-0.05, 0) is 47.7 Å². The summed E-state index contributed by atoms with van der Waals surface area (Å²) in [7, 11) is 1.49. The molecular formula is C22H22F3N3O2. The molecule has 158 valence electrons. The SMILES string of the molecule is C=CCC[C@@H](F)c1cccc(C2(c3ccc(OC(F)F)cc3)N=C(N)N(C)C2=O)c1. The van der Waals surface area contributed by atoms with E-state index in [0.717, 1.165) is 0 Å². The molecule has 0 aliphatic carbocycles. The predicted molar refractivity (Wildman–Crippen MR) is 108 cm³/mol. The monoisotopic (exact) mass is 417 g/mol. The summed E-state index contributed by atoms with van der Waals surface area (Å²) in [6, 6.07) is 12.1. The van der Waals surface area contributed by atoms with Crippen molar-refractivity contribution in [3.63, 3.8) is 0 Å². The van der Waals surface area contributed by atoms with Gasteiger partial charge >= 0.3 is 6.61 Å². The van der Waals surface area contributed by atoms with Gasteiger partial charge in [-0.15, -0.1) is 6.58 Å². The summed E-state index contributed by atoms with van der Waals surface area (Å²) in [5, 5.41) is 0. The number of halogens is 3. The molecule has 0 radical (unpaired) electrons. The third-order valence-electron chi connectivity index (χ3n) is 5.03. The molecular weight excluding hydrogens is 395 g/mol. The minimum absolute atomic E-state index is 0.00164. The summed E-state index contributed by atoms with van der Waals surface area (Å²) in [6.07, 6.45) is 1.17. The molecule has 2 atom stereocenters. The number of likely N-dealkylation sites (N-methyl/N-ethyl adjacent to an activating group) is 1. The highest BCUT2D eigenvalue weighted by Crippen LogP contribution is 2.41. The number of allylic oxidation sites excluding steroid dienone is 1. The van der Waals surface area contributed by atoms with Crippen molar-refractivity contribution in [2.45, 2.75) is 31.2 Å². The van der Waals surface area contributed by atoms with Gasteiger partial charge in [-0.1, -0.05) is 36.4 Å². The largest absolute Gasteiger partial charge is 0.435 e. The fourth-order valence-corrected chi connectivity index (χ4v) is 3.45. The van der Waals surface area contributed by atoms with Crippen LogP contribution in [0.1, 0.15) is 35.7 Å². The van der Waals surface area contributed by atoms with Gasteiger partial charge in [0.1, 0.15) is 11.9 Å². The Hall–Kier alpha value is -3.29. The number of nitrogens with zero attached hydrogens (tertiary/aromatic N) is 2. The van der Waals surface area contributed by atoms with Gasteiger partial charge in [0.25, 0.3) is 5.91 Å². The van der Waals surface area contributed by atoms with Gasteiger partial charge in [-0.25, -0.2) is 9.38 Å². The maximum absolute atomic E-state index is 14.7. The smallest absolute Gasteiger partial charge is 0.387 e. The van der Waals surface area contributed by atoms with E-state index in [2.05, 4.69) is 16.3 Å². The number of alkyl halides is 3. The second-order valence-electron chi connectivity index (χ2n) is 6.91. The lowest BCUT2D eigenvalue weighted by Crippen LogP contribution is -2.41. The number of ether oxygens (including phenoxy) is 1. The Morgan fingerprint density at radius 1 is 1.20 bits per heavy atom. The van der Waals surface area contributed by atoms with Gasteiger partial charge in [-0.3, -0.25) is 9.69 Å². The molecule has 0 bridgehead atoms. The van der Waals surface area contributed by atoms with Crippen LogP contribution in [0.25, 0.3) is 0 Å². The maximum atomic E-state index is 14.7. The van der Waals surface area contributed by atoms with E-state index in [1.807, 2.05) is 0 Å². The van der Waals surface area contributed by atoms with Crippen LogP contribution in [0.5, 0.6) is 5.75 Å². The second-order valence-corrected chi connectivity index (χ2v) is 6.91. The van der Waals surface area contributed by atoms with Crippen LogP contribution in [0.2, 0.25) is 0 Å². The lowest BCUT2D eigenvalue weighted by Gasteiger charge is -2.27. The lowest BCUT2D eigenvalue weighted by atomic mass is 9.81. The molecule has 3 rings (SSSR count). The average molecular weight is 417 g/mol. The van der Waals surface area contributed by atoms with E-state index in [0.29, 0.717) is 23.1 Å². The molecule has 8 heteroatoms. The van der Waals surface area contributed by atoms with Gasteiger partial charge in [0.05, 0.1) is 0 Å². The number of benzene rings is 2. The fraction of sp³-hybridized carbons (Fsp3) is 0.273. The molecule has 30 heavy (non-hydrogen) atoms. The van der Waals surface area contributed by atoms with Crippen LogP contribution in [-0.4, -0.2) is 30.4 Å². The zero-order valence-electron chi connectivity index (χ0n) is 16.4. The van der Waals surface area contributed by atoms with Gasteiger partial charge in [-0.2, -0.15) is 8.78 Å². The van der Waals surface area contributed by atoms with Crippen LogP contribution in [0.15, 0.2) is 66.2 Å². The number of nitrogens with two attached hydrogens (primary N) is 1. The van der Waals surface area contributed by atoms with Crippen LogP contribution in [0, 0.1) is 0 Å². The summed E-state index contributed by atoms with van der Waals surface area (Å²) in [4.78, 5) is 18.9. The van der Waals surface area contributed by atoms with E-state index in [-0.39, 0.29) is 18.1 Å². The highest BCUT2D eigenvalue weighted by atomic mass is 19.3. The maximum Gasteiger partial charge on any atom is 0.387 e. The van der Waals surface area contributed by atoms with Crippen molar-refractivity contribution in [3.8, 4) is 5.75 Å². The standard InChI is InChI=1S/C22H22F3N3O2/c1-3-4-8-18(23)14-6-5-7-16(13-14)22(19(29)28(2)21(26)27-22)15-9-11-17(12-10-15)30-20(24)25/h3,5-7,9-13,18,20H,1,4,8H2,2H3,(H2,26,27)/t18-,22?/m1/s1. The van der Waals surface area contributed by atoms with Gasteiger partial charge in [0.15, 0.2) is 11.5 Å². The first-order valence-corrected chi connectivity index (χ1v) is 9.34. The molecule has 1 unspecified atom stereocenters. The molecule has 0 spiro atoms. The van der Waals surface area contributed by atoms with Crippen molar-refractivity contribution in [2.24, 2.45) is 10.7 Å². The zero-order valence-corrected chi connectivity index (χ0v) is 16.4. The average Bonchev–Trinajstić information content (AvgIpc) is 2.97. The number of rotatable bonds is 8. The Labute approximate surface area is 172 Å². The van der Waals surface area contributed by atoms with Crippen molar-refractivity contribution in [1.82, 2.24) is 4.90 Å². The van der Waals surface area contributed by atoms with Crippen LogP contribution < -0.4 is 10.5 Å². The minimum atomic E-state index is -2.97. The number of hydrogen-bond donors (Lipinski definition) is 1. The lowest BCUT2D eigenvalue weighted by molar-refractivity contribution is -0.129. The Kier molecular flexibility index (Phi) is 6.14. The topological polar surface area (TPSA) is 67.9 Å². The number of carbonyl (C=O) groups is 1. The van der Waals surface area contributed by atoms with Crippen LogP contribution in [0.3, 0.4) is 0 Å². The first-order valence-electron chi connectivity index (χ1n) is 9.34. The van der Waals surface area contributed by atoms with Gasteiger partial charge in [0, 0.05) is 7.05 Å². The van der Waals surface area contributed by atoms with Crippen molar-refractivity contribution in [1.29, 1.82) is 0 Å². The highest BCUT2D eigenvalue weighted by Gasteiger charge is 2.49. The second kappa shape index (κ2) is 8.61. The van der Waals surface area contributed by atoms with Crippen molar-refractivity contribution < 1.29 is 22.7 Å². The Morgan fingerprint density at radius 2 is 1.90 bits per heavy atom. The summed E-state index contributed by atoms with van der Waals surface area (Å²) in [6.45, 7) is 0.637. The van der Waals surface area contributed by atoms with E-state index >= 15 is 0 Å². The number of amides is 1. The zero-order chi connectivity index (χ0) is 21.9. The first kappa shape index (κ1) is 21.4. The molecule has 2 aromatic carbocycles. The Balaban J connectivity index is 2.09. The van der Waals surface area contributed by atoms with E-state index in [1.54, 1.807) is 30.3 Å². The van der Waals surface area contributed by atoms with Gasteiger partial charge in [0.2, 0.25) is 0 Å². The molecule has 0 fully saturated rings. The number of carbonyl (C=O) groups excluding carboxylic acids is 1. The van der Waals surface area contributed by atoms with E-state index in [9.17, 15) is 18.0 Å². The molecule has 0 saturated carbocycles.